The van der Waals surface area contributed by atoms with Crippen molar-refractivity contribution in [2.24, 2.45) is 17.3 Å². The summed E-state index contributed by atoms with van der Waals surface area (Å²) in [5.41, 5.74) is -0.809. The van der Waals surface area contributed by atoms with Crippen molar-refractivity contribution in [3.63, 3.8) is 0 Å². The molecule has 0 aromatic rings. The summed E-state index contributed by atoms with van der Waals surface area (Å²) in [6, 6.07) is -0.0179. The van der Waals surface area contributed by atoms with E-state index in [2.05, 4.69) is 0 Å². The number of ether oxygens (including phenoxy) is 1. The first-order valence-electron chi connectivity index (χ1n) is 7.10. The SMILES string of the molecule is CC(C)N(C[C@@H]1[C@@H](C(=O)O)C1(C)C)C(=O)OC(C)(C)C. The lowest BCUT2D eigenvalue weighted by Crippen LogP contribution is -2.42. The average Bonchev–Trinajstić information content (AvgIpc) is 2.73. The Morgan fingerprint density at radius 3 is 2.10 bits per heavy atom. The van der Waals surface area contributed by atoms with Crippen LogP contribution >= 0.6 is 0 Å². The van der Waals surface area contributed by atoms with Crippen molar-refractivity contribution in [1.29, 1.82) is 0 Å². The van der Waals surface area contributed by atoms with Crippen LogP contribution in [0, 0.1) is 17.3 Å². The number of hydrogen-bond acceptors (Lipinski definition) is 3. The molecule has 0 saturated heterocycles. The molecule has 0 aromatic heterocycles. The summed E-state index contributed by atoms with van der Waals surface area (Å²) >= 11 is 0. The predicted molar refractivity (Wildman–Crippen MR) is 76.5 cm³/mol. The minimum absolute atomic E-state index is 0.0179. The molecule has 0 bridgehead atoms. The first kappa shape index (κ1) is 16.8. The Hall–Kier alpha value is -1.26. The highest BCUT2D eigenvalue weighted by molar-refractivity contribution is 5.76. The molecule has 0 unspecified atom stereocenters. The van der Waals surface area contributed by atoms with Gasteiger partial charge >= 0.3 is 12.1 Å². The molecule has 0 aromatic carbocycles. The molecular formula is C15H27NO4. The Labute approximate surface area is 121 Å². The highest BCUT2D eigenvalue weighted by atomic mass is 16.6. The molecule has 5 heteroatoms. The van der Waals surface area contributed by atoms with Crippen LogP contribution in [0.5, 0.6) is 0 Å². The average molecular weight is 285 g/mol. The summed E-state index contributed by atoms with van der Waals surface area (Å²) < 4.78 is 5.39. The number of carboxylic acids is 1. The number of rotatable bonds is 4. The quantitative estimate of drug-likeness (QED) is 0.862. The molecule has 2 atom stereocenters. The van der Waals surface area contributed by atoms with E-state index < -0.39 is 11.6 Å². The summed E-state index contributed by atoms with van der Waals surface area (Å²) in [6.45, 7) is 13.6. The van der Waals surface area contributed by atoms with Gasteiger partial charge in [0, 0.05) is 12.6 Å². The molecule has 20 heavy (non-hydrogen) atoms. The highest BCUT2D eigenvalue weighted by Crippen LogP contribution is 2.58. The van der Waals surface area contributed by atoms with Gasteiger partial charge in [0.05, 0.1) is 5.92 Å². The summed E-state index contributed by atoms with van der Waals surface area (Å²) in [6.07, 6.45) is -0.376. The Morgan fingerprint density at radius 1 is 1.30 bits per heavy atom. The van der Waals surface area contributed by atoms with Crippen molar-refractivity contribution in [2.45, 2.75) is 60.1 Å². The van der Waals surface area contributed by atoms with E-state index in [9.17, 15) is 14.7 Å². The number of aliphatic carboxylic acids is 1. The second-order valence-corrected chi connectivity index (χ2v) is 7.47. The van der Waals surface area contributed by atoms with E-state index in [1.165, 1.54) is 0 Å². The van der Waals surface area contributed by atoms with Gasteiger partial charge in [-0.25, -0.2) is 4.79 Å². The van der Waals surface area contributed by atoms with Crippen molar-refractivity contribution in [3.8, 4) is 0 Å². The molecule has 1 aliphatic carbocycles. The van der Waals surface area contributed by atoms with Crippen LogP contribution in [0.2, 0.25) is 0 Å². The number of carboxylic acid groups (broad SMARTS) is 1. The van der Waals surface area contributed by atoms with E-state index in [-0.39, 0.29) is 29.4 Å². The zero-order valence-electron chi connectivity index (χ0n) is 13.6. The number of carbonyl (C=O) groups excluding carboxylic acids is 1. The number of carbonyl (C=O) groups is 2. The van der Waals surface area contributed by atoms with E-state index in [1.54, 1.807) is 4.90 Å². The first-order valence-corrected chi connectivity index (χ1v) is 7.10. The minimum Gasteiger partial charge on any atom is -0.481 e. The van der Waals surface area contributed by atoms with Crippen LogP contribution in [-0.4, -0.2) is 40.3 Å². The molecule has 0 spiro atoms. The standard InChI is InChI=1S/C15H27NO4/c1-9(2)16(13(19)20-14(3,4)5)8-10-11(12(17)18)15(10,6)7/h9-11H,8H2,1-7H3,(H,17,18)/t10-,11+/m1/s1. The lowest BCUT2D eigenvalue weighted by atomic mass is 10.1. The van der Waals surface area contributed by atoms with Crippen LogP contribution in [-0.2, 0) is 9.53 Å². The van der Waals surface area contributed by atoms with E-state index in [0.717, 1.165) is 0 Å². The summed E-state index contributed by atoms with van der Waals surface area (Å²) in [5, 5.41) is 9.20. The fraction of sp³-hybridized carbons (Fsp3) is 0.867. The van der Waals surface area contributed by atoms with Gasteiger partial charge in [0.15, 0.2) is 0 Å². The Balaban J connectivity index is 2.75. The van der Waals surface area contributed by atoms with E-state index in [0.29, 0.717) is 6.54 Å². The van der Waals surface area contributed by atoms with Crippen molar-refractivity contribution in [3.05, 3.63) is 0 Å². The van der Waals surface area contributed by atoms with Crippen LogP contribution < -0.4 is 0 Å². The zero-order valence-corrected chi connectivity index (χ0v) is 13.6. The third-order valence-electron chi connectivity index (χ3n) is 3.96. The largest absolute Gasteiger partial charge is 0.481 e. The van der Waals surface area contributed by atoms with Crippen molar-refractivity contribution >= 4 is 12.1 Å². The highest BCUT2D eigenvalue weighted by Gasteiger charge is 2.62. The van der Waals surface area contributed by atoms with E-state index >= 15 is 0 Å². The molecule has 1 rings (SSSR count). The molecule has 1 saturated carbocycles. The fourth-order valence-electron chi connectivity index (χ4n) is 2.60. The van der Waals surface area contributed by atoms with Gasteiger partial charge in [0.25, 0.3) is 0 Å². The van der Waals surface area contributed by atoms with Gasteiger partial charge in [-0.1, -0.05) is 13.8 Å². The Morgan fingerprint density at radius 2 is 1.80 bits per heavy atom. The lowest BCUT2D eigenvalue weighted by Gasteiger charge is -2.30. The van der Waals surface area contributed by atoms with Crippen molar-refractivity contribution in [2.75, 3.05) is 6.54 Å². The van der Waals surface area contributed by atoms with Gasteiger partial charge in [0.2, 0.25) is 0 Å². The second kappa shape index (κ2) is 5.26. The van der Waals surface area contributed by atoms with Crippen LogP contribution in [0.1, 0.15) is 48.5 Å². The topological polar surface area (TPSA) is 66.8 Å². The second-order valence-electron chi connectivity index (χ2n) is 7.47. The first-order chi connectivity index (χ1) is 8.88. The molecular weight excluding hydrogens is 258 g/mol. The van der Waals surface area contributed by atoms with Crippen LogP contribution in [0.3, 0.4) is 0 Å². The van der Waals surface area contributed by atoms with E-state index in [4.69, 9.17) is 4.74 Å². The van der Waals surface area contributed by atoms with Crippen LogP contribution in [0.25, 0.3) is 0 Å². The van der Waals surface area contributed by atoms with Gasteiger partial charge in [-0.15, -0.1) is 0 Å². The Kier molecular flexibility index (Phi) is 4.42. The van der Waals surface area contributed by atoms with Gasteiger partial charge in [-0.2, -0.15) is 0 Å². The zero-order chi connectivity index (χ0) is 15.9. The number of nitrogens with zero attached hydrogens (tertiary/aromatic N) is 1. The molecule has 5 nitrogen and oxygen atoms in total. The molecule has 0 radical (unpaired) electrons. The van der Waals surface area contributed by atoms with Gasteiger partial charge in [-0.3, -0.25) is 4.79 Å². The monoisotopic (exact) mass is 285 g/mol. The molecule has 1 amide bonds. The third-order valence-corrected chi connectivity index (χ3v) is 3.96. The fourth-order valence-corrected chi connectivity index (χ4v) is 2.60. The third kappa shape index (κ3) is 3.64. The van der Waals surface area contributed by atoms with Gasteiger partial charge < -0.3 is 14.7 Å². The van der Waals surface area contributed by atoms with E-state index in [1.807, 2.05) is 48.5 Å². The van der Waals surface area contributed by atoms with Gasteiger partial charge in [0.1, 0.15) is 5.60 Å². The number of hydrogen-bond donors (Lipinski definition) is 1. The minimum atomic E-state index is -0.784. The number of amides is 1. The predicted octanol–water partition coefficient (Wildman–Crippen LogP) is 2.99. The van der Waals surface area contributed by atoms with Crippen molar-refractivity contribution < 1.29 is 19.4 Å². The molecule has 1 aliphatic rings. The molecule has 0 heterocycles. The maximum absolute atomic E-state index is 12.2. The normalized spacial score (nSPS) is 24.4. The van der Waals surface area contributed by atoms with Crippen LogP contribution in [0.4, 0.5) is 4.79 Å². The van der Waals surface area contributed by atoms with Crippen molar-refractivity contribution in [1.82, 2.24) is 4.90 Å². The van der Waals surface area contributed by atoms with Crippen LogP contribution in [0.15, 0.2) is 0 Å². The maximum Gasteiger partial charge on any atom is 0.410 e. The maximum atomic E-state index is 12.2. The lowest BCUT2D eigenvalue weighted by molar-refractivity contribution is -0.139. The summed E-state index contributed by atoms with van der Waals surface area (Å²) in [4.78, 5) is 25.0. The molecule has 1 fully saturated rings. The summed E-state index contributed by atoms with van der Waals surface area (Å²) in [7, 11) is 0. The molecule has 116 valence electrons. The summed E-state index contributed by atoms with van der Waals surface area (Å²) in [5.74, 6) is -1.19. The smallest absolute Gasteiger partial charge is 0.410 e. The van der Waals surface area contributed by atoms with Gasteiger partial charge in [-0.05, 0) is 46.0 Å². The molecule has 0 aliphatic heterocycles. The molecule has 1 N–H and O–H groups in total. The Bertz CT molecular complexity index is 395.